The van der Waals surface area contributed by atoms with E-state index in [9.17, 15) is 22.8 Å². The summed E-state index contributed by atoms with van der Waals surface area (Å²) in [6.07, 6.45) is 4.67. The number of halogens is 3. The quantitative estimate of drug-likeness (QED) is 0.565. The van der Waals surface area contributed by atoms with Crippen LogP contribution in [0.2, 0.25) is 0 Å². The summed E-state index contributed by atoms with van der Waals surface area (Å²) < 4.78 is 38.9. The van der Waals surface area contributed by atoms with Gasteiger partial charge >= 0.3 is 6.18 Å². The van der Waals surface area contributed by atoms with Crippen molar-refractivity contribution in [3.8, 4) is 0 Å². The van der Waals surface area contributed by atoms with Gasteiger partial charge in [0.15, 0.2) is 0 Å². The van der Waals surface area contributed by atoms with E-state index in [4.69, 9.17) is 0 Å². The lowest BCUT2D eigenvalue weighted by atomic mass is 9.73. The Hall–Kier alpha value is -2.42. The summed E-state index contributed by atoms with van der Waals surface area (Å²) in [5, 5.41) is 2.73. The fourth-order valence-electron chi connectivity index (χ4n) is 6.39. The number of benzene rings is 1. The zero-order valence-corrected chi connectivity index (χ0v) is 20.4. The van der Waals surface area contributed by atoms with Crippen LogP contribution in [-0.4, -0.2) is 30.4 Å². The molecule has 3 aliphatic carbocycles. The minimum atomic E-state index is -4.48. The molecular formula is C26H30F3N3O2S. The number of carbonyl (C=O) groups is 2. The third kappa shape index (κ3) is 5.10. The van der Waals surface area contributed by atoms with Crippen LogP contribution in [0.4, 0.5) is 18.9 Å². The maximum absolute atomic E-state index is 13.0. The molecule has 3 aliphatic rings. The summed E-state index contributed by atoms with van der Waals surface area (Å²) in [4.78, 5) is 32.0. The number of anilines is 1. The molecule has 0 bridgehead atoms. The van der Waals surface area contributed by atoms with Crippen molar-refractivity contribution in [2.24, 2.45) is 29.6 Å². The van der Waals surface area contributed by atoms with E-state index in [1.54, 1.807) is 11.3 Å². The van der Waals surface area contributed by atoms with Gasteiger partial charge in [-0.15, -0.1) is 11.3 Å². The molecule has 0 spiro atoms. The number of nitrogens with one attached hydrogen (secondary N) is 1. The second-order valence-corrected chi connectivity index (χ2v) is 11.2. The predicted molar refractivity (Wildman–Crippen MR) is 128 cm³/mol. The van der Waals surface area contributed by atoms with E-state index in [-0.39, 0.29) is 24.1 Å². The highest BCUT2D eigenvalue weighted by Gasteiger charge is 2.60. The number of thiazole rings is 1. The van der Waals surface area contributed by atoms with Crippen LogP contribution in [-0.2, 0) is 15.8 Å². The summed E-state index contributed by atoms with van der Waals surface area (Å²) in [7, 11) is 1.42. The third-order valence-electron chi connectivity index (χ3n) is 8.43. The lowest BCUT2D eigenvalue weighted by Crippen LogP contribution is -2.39. The number of carbonyl (C=O) groups excluding carboxylic acids is 2. The minimum absolute atomic E-state index is 0.0218. The Morgan fingerprint density at radius 2 is 1.83 bits per heavy atom. The molecule has 1 N–H and O–H groups in total. The molecule has 188 valence electrons. The van der Waals surface area contributed by atoms with Gasteiger partial charge in [0, 0.05) is 29.7 Å². The first-order valence-corrected chi connectivity index (χ1v) is 13.2. The van der Waals surface area contributed by atoms with E-state index < -0.39 is 17.6 Å². The van der Waals surface area contributed by atoms with Crippen LogP contribution in [0.1, 0.15) is 54.9 Å². The van der Waals surface area contributed by atoms with E-state index in [0.717, 1.165) is 35.8 Å². The van der Waals surface area contributed by atoms with Gasteiger partial charge in [-0.25, -0.2) is 0 Å². The van der Waals surface area contributed by atoms with Gasteiger partial charge in [0.2, 0.25) is 11.8 Å². The molecule has 5 nitrogen and oxygen atoms in total. The Bertz CT molecular complexity index is 1050. The third-order valence-corrected chi connectivity index (χ3v) is 9.36. The van der Waals surface area contributed by atoms with Gasteiger partial charge in [-0.2, -0.15) is 13.2 Å². The first-order chi connectivity index (χ1) is 16.7. The lowest BCUT2D eigenvalue weighted by molar-refractivity contribution is -0.137. The molecule has 2 aromatic rings. The van der Waals surface area contributed by atoms with Gasteiger partial charge in [-0.1, -0.05) is 6.07 Å². The number of amides is 2. The van der Waals surface area contributed by atoms with Crippen molar-refractivity contribution in [1.29, 1.82) is 0 Å². The number of likely N-dealkylation sites (N-methyl/N-ethyl adjacent to an activating group) is 1. The van der Waals surface area contributed by atoms with Gasteiger partial charge in [0.05, 0.1) is 17.6 Å². The molecule has 1 heterocycles. The SMILES string of the molecule is CN(C(=O)CNC(=O)C1[C@H]2CC(C3CCC(c4cncs4)CC3)C[C@@H]12)c1cccc(C(F)(F)F)c1. The molecule has 35 heavy (non-hydrogen) atoms. The van der Waals surface area contributed by atoms with Crippen LogP contribution in [0.3, 0.4) is 0 Å². The summed E-state index contributed by atoms with van der Waals surface area (Å²) in [5.74, 6) is 2.36. The zero-order valence-electron chi connectivity index (χ0n) is 19.6. The Balaban J connectivity index is 1.06. The van der Waals surface area contributed by atoms with Crippen molar-refractivity contribution < 1.29 is 22.8 Å². The first kappa shape index (κ1) is 24.3. The van der Waals surface area contributed by atoms with Gasteiger partial charge < -0.3 is 10.2 Å². The monoisotopic (exact) mass is 505 g/mol. The van der Waals surface area contributed by atoms with Crippen LogP contribution < -0.4 is 10.2 Å². The highest BCUT2D eigenvalue weighted by Crippen LogP contribution is 2.62. The van der Waals surface area contributed by atoms with Gasteiger partial charge in [-0.3, -0.25) is 14.6 Å². The molecule has 1 aromatic heterocycles. The Kier molecular flexibility index (Phi) is 6.63. The second-order valence-electron chi connectivity index (χ2n) is 10.3. The van der Waals surface area contributed by atoms with Crippen LogP contribution in [0, 0.1) is 29.6 Å². The number of aromatic nitrogens is 1. The molecule has 0 radical (unpaired) electrons. The molecule has 5 rings (SSSR count). The van der Waals surface area contributed by atoms with E-state index in [1.807, 2.05) is 11.7 Å². The van der Waals surface area contributed by atoms with Crippen LogP contribution >= 0.6 is 11.3 Å². The van der Waals surface area contributed by atoms with E-state index in [2.05, 4.69) is 10.3 Å². The molecule has 9 heteroatoms. The zero-order chi connectivity index (χ0) is 24.7. The maximum atomic E-state index is 13.0. The predicted octanol–water partition coefficient (Wildman–Crippen LogP) is 5.49. The van der Waals surface area contributed by atoms with E-state index >= 15 is 0 Å². The number of hydrogen-bond acceptors (Lipinski definition) is 4. The maximum Gasteiger partial charge on any atom is 0.416 e. The van der Waals surface area contributed by atoms with Crippen molar-refractivity contribution in [2.45, 2.75) is 50.6 Å². The minimum Gasteiger partial charge on any atom is -0.347 e. The molecule has 2 amide bonds. The standard InChI is InChI=1S/C26H30F3N3O2S/c1-32(19-4-2-3-18(11-19)26(27,28)29)23(33)13-31-25(34)24-20-9-17(10-21(20)24)15-5-7-16(8-6-15)22-12-30-14-35-22/h2-4,11-12,14-17,20-21,24H,5-10,13H2,1H3,(H,31,34)/t15?,16?,17?,20-,21+,24?. The van der Waals surface area contributed by atoms with Crippen molar-refractivity contribution in [3.05, 3.63) is 46.4 Å². The topological polar surface area (TPSA) is 62.3 Å². The van der Waals surface area contributed by atoms with Crippen molar-refractivity contribution in [3.63, 3.8) is 0 Å². The van der Waals surface area contributed by atoms with Crippen molar-refractivity contribution >= 4 is 28.8 Å². The largest absolute Gasteiger partial charge is 0.416 e. The Labute approximate surface area is 207 Å². The van der Waals surface area contributed by atoms with E-state index in [1.165, 1.54) is 49.7 Å². The van der Waals surface area contributed by atoms with Crippen molar-refractivity contribution in [1.82, 2.24) is 10.3 Å². The molecule has 3 saturated carbocycles. The van der Waals surface area contributed by atoms with E-state index in [0.29, 0.717) is 23.7 Å². The normalized spacial score (nSPS) is 29.9. The first-order valence-electron chi connectivity index (χ1n) is 12.3. The van der Waals surface area contributed by atoms with Gasteiger partial charge in [-0.05, 0) is 86.3 Å². The van der Waals surface area contributed by atoms with Crippen LogP contribution in [0.5, 0.6) is 0 Å². The highest BCUT2D eigenvalue weighted by atomic mass is 32.1. The molecule has 2 unspecified atom stereocenters. The molecule has 0 saturated heterocycles. The lowest BCUT2D eigenvalue weighted by Gasteiger charge is -2.32. The smallest absolute Gasteiger partial charge is 0.347 e. The molecule has 3 fully saturated rings. The molecule has 0 aliphatic heterocycles. The number of hydrogen-bond donors (Lipinski definition) is 1. The van der Waals surface area contributed by atoms with Crippen LogP contribution in [0.25, 0.3) is 0 Å². The highest BCUT2D eigenvalue weighted by molar-refractivity contribution is 7.09. The van der Waals surface area contributed by atoms with Gasteiger partial charge in [0.1, 0.15) is 0 Å². The summed E-state index contributed by atoms with van der Waals surface area (Å²) in [5.41, 5.74) is 1.25. The number of fused-ring (bicyclic) bond motifs is 1. The summed E-state index contributed by atoms with van der Waals surface area (Å²) in [6.45, 7) is -0.216. The van der Waals surface area contributed by atoms with Gasteiger partial charge in [0.25, 0.3) is 0 Å². The average Bonchev–Trinajstić information content (AvgIpc) is 3.22. The molecule has 1 aromatic carbocycles. The molecular weight excluding hydrogens is 475 g/mol. The fourth-order valence-corrected chi connectivity index (χ4v) is 7.19. The Morgan fingerprint density at radius 3 is 2.46 bits per heavy atom. The Morgan fingerprint density at radius 1 is 1.11 bits per heavy atom. The summed E-state index contributed by atoms with van der Waals surface area (Å²) in [6, 6.07) is 4.63. The van der Waals surface area contributed by atoms with Crippen LogP contribution in [0.15, 0.2) is 36.0 Å². The number of nitrogens with zero attached hydrogens (tertiary/aromatic N) is 2. The molecule has 4 atom stereocenters. The second kappa shape index (κ2) is 9.56. The van der Waals surface area contributed by atoms with Crippen molar-refractivity contribution in [2.75, 3.05) is 18.5 Å². The average molecular weight is 506 g/mol. The summed E-state index contributed by atoms with van der Waals surface area (Å²) >= 11 is 1.75. The number of rotatable bonds is 6. The fraction of sp³-hybridized carbons (Fsp3) is 0.577. The number of alkyl halides is 3.